The molecule has 1 saturated heterocycles. The van der Waals surface area contributed by atoms with Gasteiger partial charge >= 0.3 is 0 Å². The van der Waals surface area contributed by atoms with Gasteiger partial charge in [-0.25, -0.2) is 0 Å². The van der Waals surface area contributed by atoms with Crippen molar-refractivity contribution in [3.05, 3.63) is 35.9 Å². The van der Waals surface area contributed by atoms with Crippen LogP contribution in [-0.2, 0) is 6.54 Å². The number of aliphatic hydroxyl groups is 1. The maximum atomic E-state index is 9.46. The van der Waals surface area contributed by atoms with E-state index in [1.807, 2.05) is 0 Å². The topological polar surface area (TPSA) is 26.7 Å². The lowest BCUT2D eigenvalue weighted by molar-refractivity contribution is 0.0579. The maximum Gasteiger partial charge on any atom is 0.0494 e. The minimum atomic E-state index is -0.000108. The van der Waals surface area contributed by atoms with Crippen molar-refractivity contribution in [3.63, 3.8) is 0 Å². The Kier molecular flexibility index (Phi) is 5.80. The number of benzene rings is 1. The Morgan fingerprint density at radius 1 is 1.29 bits per heavy atom. The van der Waals surface area contributed by atoms with Gasteiger partial charge in [-0.3, -0.25) is 4.90 Å². The number of rotatable bonds is 6. The molecule has 21 heavy (non-hydrogen) atoms. The van der Waals surface area contributed by atoms with E-state index in [2.05, 4.69) is 61.0 Å². The van der Waals surface area contributed by atoms with Crippen LogP contribution in [0.1, 0.15) is 32.3 Å². The van der Waals surface area contributed by atoms with Crippen molar-refractivity contribution in [2.24, 2.45) is 5.41 Å². The van der Waals surface area contributed by atoms with Crippen molar-refractivity contribution >= 4 is 0 Å². The molecule has 0 radical (unpaired) electrons. The van der Waals surface area contributed by atoms with Gasteiger partial charge in [0.05, 0.1) is 0 Å². The van der Waals surface area contributed by atoms with Crippen LogP contribution in [0.2, 0.25) is 0 Å². The fraction of sp³-hybridized carbons (Fsp3) is 0.667. The van der Waals surface area contributed by atoms with E-state index in [0.29, 0.717) is 6.04 Å². The van der Waals surface area contributed by atoms with Crippen LogP contribution in [0.3, 0.4) is 0 Å². The lowest BCUT2D eigenvalue weighted by Crippen LogP contribution is -2.49. The van der Waals surface area contributed by atoms with E-state index >= 15 is 0 Å². The van der Waals surface area contributed by atoms with Gasteiger partial charge in [-0.2, -0.15) is 0 Å². The largest absolute Gasteiger partial charge is 0.396 e. The van der Waals surface area contributed by atoms with E-state index in [1.54, 1.807) is 0 Å². The molecular weight excluding hydrogens is 260 g/mol. The lowest BCUT2D eigenvalue weighted by Gasteiger charge is -2.40. The van der Waals surface area contributed by atoms with Gasteiger partial charge in [-0.05, 0) is 32.0 Å². The number of piperidine rings is 1. The third kappa shape index (κ3) is 5.10. The number of aliphatic hydroxyl groups excluding tert-OH is 1. The second-order valence-electron chi connectivity index (χ2n) is 7.25. The molecule has 0 bridgehead atoms. The summed E-state index contributed by atoms with van der Waals surface area (Å²) in [7, 11) is 2.23. The van der Waals surface area contributed by atoms with Gasteiger partial charge in [-0.1, -0.05) is 44.2 Å². The molecule has 3 nitrogen and oxygen atoms in total. The van der Waals surface area contributed by atoms with E-state index in [9.17, 15) is 5.11 Å². The normalized spacial score (nSPS) is 20.9. The Balaban J connectivity index is 1.88. The SMILES string of the molecule is CN(Cc1ccccc1)C1CCCN(CC(C)(C)CO)C1. The van der Waals surface area contributed by atoms with Gasteiger partial charge < -0.3 is 10.0 Å². The van der Waals surface area contributed by atoms with Crippen LogP contribution in [0.4, 0.5) is 0 Å². The zero-order valence-corrected chi connectivity index (χ0v) is 13.8. The minimum absolute atomic E-state index is 0.000108. The molecule has 1 heterocycles. The van der Waals surface area contributed by atoms with Gasteiger partial charge in [-0.15, -0.1) is 0 Å². The number of likely N-dealkylation sites (tertiary alicyclic amines) is 1. The molecule has 0 aliphatic carbocycles. The van der Waals surface area contributed by atoms with E-state index in [4.69, 9.17) is 0 Å². The average Bonchev–Trinajstić information content (AvgIpc) is 2.48. The summed E-state index contributed by atoms with van der Waals surface area (Å²) in [5, 5.41) is 9.46. The number of hydrogen-bond donors (Lipinski definition) is 1. The second-order valence-corrected chi connectivity index (χ2v) is 7.25. The van der Waals surface area contributed by atoms with Gasteiger partial charge in [0.1, 0.15) is 0 Å². The summed E-state index contributed by atoms with van der Waals surface area (Å²) >= 11 is 0. The van der Waals surface area contributed by atoms with E-state index in [1.165, 1.54) is 24.9 Å². The van der Waals surface area contributed by atoms with Crippen molar-refractivity contribution < 1.29 is 5.11 Å². The van der Waals surface area contributed by atoms with Crippen molar-refractivity contribution in [3.8, 4) is 0 Å². The van der Waals surface area contributed by atoms with Crippen molar-refractivity contribution in [2.45, 2.75) is 39.3 Å². The molecular formula is C18H30N2O. The quantitative estimate of drug-likeness (QED) is 0.872. The minimum Gasteiger partial charge on any atom is -0.396 e. The summed E-state index contributed by atoms with van der Waals surface area (Å²) in [6.45, 7) is 8.83. The zero-order valence-electron chi connectivity index (χ0n) is 13.8. The molecule has 1 aliphatic rings. The molecule has 0 aromatic heterocycles. The molecule has 0 spiro atoms. The molecule has 1 aromatic carbocycles. The summed E-state index contributed by atoms with van der Waals surface area (Å²) < 4.78 is 0. The van der Waals surface area contributed by atoms with Crippen LogP contribution in [0.15, 0.2) is 30.3 Å². The highest BCUT2D eigenvalue weighted by atomic mass is 16.3. The Morgan fingerprint density at radius 3 is 2.67 bits per heavy atom. The fourth-order valence-electron chi connectivity index (χ4n) is 3.19. The molecule has 1 unspecified atom stereocenters. The first-order valence-electron chi connectivity index (χ1n) is 8.07. The van der Waals surface area contributed by atoms with Gasteiger partial charge in [0.15, 0.2) is 0 Å². The molecule has 0 saturated carbocycles. The highest BCUT2D eigenvalue weighted by molar-refractivity contribution is 5.14. The number of hydrogen-bond acceptors (Lipinski definition) is 3. The Morgan fingerprint density at radius 2 is 2.00 bits per heavy atom. The molecule has 1 atom stereocenters. The fourth-order valence-corrected chi connectivity index (χ4v) is 3.19. The first kappa shape index (κ1) is 16.5. The predicted molar refractivity (Wildman–Crippen MR) is 88.2 cm³/mol. The van der Waals surface area contributed by atoms with Crippen molar-refractivity contribution in [1.82, 2.24) is 9.80 Å². The monoisotopic (exact) mass is 290 g/mol. The van der Waals surface area contributed by atoms with Gasteiger partial charge in [0.2, 0.25) is 0 Å². The molecule has 1 N–H and O–H groups in total. The van der Waals surface area contributed by atoms with Crippen LogP contribution in [0.25, 0.3) is 0 Å². The number of nitrogens with zero attached hydrogens (tertiary/aromatic N) is 2. The molecule has 0 amide bonds. The lowest BCUT2D eigenvalue weighted by atomic mass is 9.92. The molecule has 3 heteroatoms. The number of likely N-dealkylation sites (N-methyl/N-ethyl adjacent to an activating group) is 1. The van der Waals surface area contributed by atoms with Crippen LogP contribution in [0.5, 0.6) is 0 Å². The molecule has 1 aromatic rings. The first-order valence-corrected chi connectivity index (χ1v) is 8.07. The molecule has 1 fully saturated rings. The second kappa shape index (κ2) is 7.39. The third-order valence-electron chi connectivity index (χ3n) is 4.46. The first-order chi connectivity index (χ1) is 10.00. The Labute approximate surface area is 129 Å². The van der Waals surface area contributed by atoms with Crippen LogP contribution >= 0.6 is 0 Å². The molecule has 2 rings (SSSR count). The smallest absolute Gasteiger partial charge is 0.0494 e. The van der Waals surface area contributed by atoms with Gasteiger partial charge in [0, 0.05) is 37.7 Å². The van der Waals surface area contributed by atoms with Crippen LogP contribution in [-0.4, -0.2) is 54.2 Å². The summed E-state index contributed by atoms with van der Waals surface area (Å²) in [6, 6.07) is 11.3. The third-order valence-corrected chi connectivity index (χ3v) is 4.46. The van der Waals surface area contributed by atoms with Crippen molar-refractivity contribution in [1.29, 1.82) is 0 Å². The van der Waals surface area contributed by atoms with E-state index in [0.717, 1.165) is 19.6 Å². The molecule has 1 aliphatic heterocycles. The van der Waals surface area contributed by atoms with Crippen LogP contribution < -0.4 is 0 Å². The molecule has 118 valence electrons. The predicted octanol–water partition coefficient (Wildman–Crippen LogP) is 2.60. The highest BCUT2D eigenvalue weighted by Gasteiger charge is 2.27. The zero-order chi connectivity index (χ0) is 15.3. The Hall–Kier alpha value is -0.900. The highest BCUT2D eigenvalue weighted by Crippen LogP contribution is 2.22. The van der Waals surface area contributed by atoms with Crippen LogP contribution in [0, 0.1) is 5.41 Å². The Bertz CT molecular complexity index is 418. The standard InChI is InChI=1S/C18H30N2O/c1-18(2,15-21)14-20-11-7-10-17(13-20)19(3)12-16-8-5-4-6-9-16/h4-6,8-9,17,21H,7,10-15H2,1-3H3. The van der Waals surface area contributed by atoms with E-state index < -0.39 is 0 Å². The van der Waals surface area contributed by atoms with Crippen molar-refractivity contribution in [2.75, 3.05) is 33.3 Å². The van der Waals surface area contributed by atoms with E-state index in [-0.39, 0.29) is 12.0 Å². The average molecular weight is 290 g/mol. The van der Waals surface area contributed by atoms with Gasteiger partial charge in [0.25, 0.3) is 0 Å². The maximum absolute atomic E-state index is 9.46. The summed E-state index contributed by atoms with van der Waals surface area (Å²) in [5.41, 5.74) is 1.38. The summed E-state index contributed by atoms with van der Waals surface area (Å²) in [6.07, 6.45) is 2.53. The summed E-state index contributed by atoms with van der Waals surface area (Å²) in [5.74, 6) is 0. The summed E-state index contributed by atoms with van der Waals surface area (Å²) in [4.78, 5) is 5.00.